The van der Waals surface area contributed by atoms with Crippen LogP contribution in [0.3, 0.4) is 0 Å². The Morgan fingerprint density at radius 2 is 1.88 bits per heavy atom. The van der Waals surface area contributed by atoms with E-state index in [1.54, 1.807) is 0 Å². The summed E-state index contributed by atoms with van der Waals surface area (Å²) in [4.78, 5) is 14.0. The lowest BCUT2D eigenvalue weighted by Gasteiger charge is -2.30. The van der Waals surface area contributed by atoms with Crippen LogP contribution in [0.2, 0.25) is 0 Å². The molecule has 1 amide bonds. The summed E-state index contributed by atoms with van der Waals surface area (Å²) < 4.78 is 5.27. The van der Waals surface area contributed by atoms with Crippen molar-refractivity contribution in [3.63, 3.8) is 0 Å². The van der Waals surface area contributed by atoms with E-state index in [9.17, 15) is 4.79 Å². The SMILES string of the molecule is NC1CCN(CC(=O)NC2CCOCC2)CC1. The Morgan fingerprint density at radius 1 is 1.24 bits per heavy atom. The highest BCUT2D eigenvalue weighted by Crippen LogP contribution is 2.09. The molecule has 98 valence electrons. The molecule has 0 unspecified atom stereocenters. The van der Waals surface area contributed by atoms with E-state index in [0.717, 1.165) is 52.0 Å². The average Bonchev–Trinajstić information content (AvgIpc) is 2.33. The fraction of sp³-hybridized carbons (Fsp3) is 0.917. The van der Waals surface area contributed by atoms with Crippen molar-refractivity contribution in [2.75, 3.05) is 32.8 Å². The summed E-state index contributed by atoms with van der Waals surface area (Å²) in [5.41, 5.74) is 5.84. The molecule has 5 nitrogen and oxygen atoms in total. The van der Waals surface area contributed by atoms with Crippen LogP contribution in [0.25, 0.3) is 0 Å². The van der Waals surface area contributed by atoms with E-state index in [0.29, 0.717) is 18.6 Å². The molecule has 5 heteroatoms. The Labute approximate surface area is 103 Å². The molecule has 17 heavy (non-hydrogen) atoms. The van der Waals surface area contributed by atoms with Crippen molar-refractivity contribution in [2.45, 2.75) is 37.8 Å². The number of ether oxygens (including phenoxy) is 1. The van der Waals surface area contributed by atoms with Crippen LogP contribution in [-0.2, 0) is 9.53 Å². The maximum atomic E-state index is 11.8. The van der Waals surface area contributed by atoms with Gasteiger partial charge in [0.1, 0.15) is 0 Å². The summed E-state index contributed by atoms with van der Waals surface area (Å²) >= 11 is 0. The third-order valence-electron chi connectivity index (χ3n) is 3.59. The molecular weight excluding hydrogens is 218 g/mol. The number of nitrogens with two attached hydrogens (primary N) is 1. The molecule has 2 rings (SSSR count). The first-order valence-electron chi connectivity index (χ1n) is 6.59. The third-order valence-corrected chi connectivity index (χ3v) is 3.59. The first-order valence-corrected chi connectivity index (χ1v) is 6.59. The predicted octanol–water partition coefficient (Wildman–Crippen LogP) is -0.295. The first kappa shape index (κ1) is 12.8. The highest BCUT2D eigenvalue weighted by Gasteiger charge is 2.20. The van der Waals surface area contributed by atoms with E-state index in [1.807, 2.05) is 0 Å². The van der Waals surface area contributed by atoms with Gasteiger partial charge in [0.05, 0.1) is 6.54 Å². The molecular formula is C12H23N3O2. The van der Waals surface area contributed by atoms with E-state index in [2.05, 4.69) is 10.2 Å². The number of amides is 1. The van der Waals surface area contributed by atoms with E-state index in [-0.39, 0.29) is 5.91 Å². The van der Waals surface area contributed by atoms with Gasteiger partial charge in [0.15, 0.2) is 0 Å². The summed E-state index contributed by atoms with van der Waals surface area (Å²) in [6, 6.07) is 0.633. The molecule has 2 fully saturated rings. The molecule has 0 aromatic carbocycles. The molecule has 0 radical (unpaired) electrons. The van der Waals surface area contributed by atoms with Crippen LogP contribution in [0, 0.1) is 0 Å². The predicted molar refractivity (Wildman–Crippen MR) is 65.6 cm³/mol. The van der Waals surface area contributed by atoms with Gasteiger partial charge in [-0.05, 0) is 25.7 Å². The van der Waals surface area contributed by atoms with Crippen LogP contribution in [0.15, 0.2) is 0 Å². The minimum Gasteiger partial charge on any atom is -0.381 e. The molecule has 3 N–H and O–H groups in total. The molecule has 0 saturated carbocycles. The second-order valence-electron chi connectivity index (χ2n) is 5.07. The largest absolute Gasteiger partial charge is 0.381 e. The maximum Gasteiger partial charge on any atom is 0.234 e. The van der Waals surface area contributed by atoms with E-state index in [4.69, 9.17) is 10.5 Å². The Morgan fingerprint density at radius 3 is 2.53 bits per heavy atom. The summed E-state index contributed by atoms with van der Waals surface area (Å²) in [6.07, 6.45) is 3.89. The van der Waals surface area contributed by atoms with Crippen molar-refractivity contribution in [3.8, 4) is 0 Å². The number of rotatable bonds is 3. The number of piperidine rings is 1. The standard InChI is InChI=1S/C12H23N3O2/c13-10-1-5-15(6-2-10)9-12(16)14-11-3-7-17-8-4-11/h10-11H,1-9,13H2,(H,14,16). The normalized spacial score (nSPS) is 24.8. The monoisotopic (exact) mass is 241 g/mol. The Bertz CT molecular complexity index is 246. The maximum absolute atomic E-state index is 11.8. The van der Waals surface area contributed by atoms with Gasteiger partial charge in [0, 0.05) is 38.4 Å². The van der Waals surface area contributed by atoms with Gasteiger partial charge in [-0.3, -0.25) is 9.69 Å². The summed E-state index contributed by atoms with van der Waals surface area (Å²) in [6.45, 7) is 3.95. The van der Waals surface area contributed by atoms with Crippen molar-refractivity contribution in [1.29, 1.82) is 0 Å². The van der Waals surface area contributed by atoms with Crippen LogP contribution < -0.4 is 11.1 Å². The topological polar surface area (TPSA) is 67.6 Å². The first-order chi connectivity index (χ1) is 8.24. The zero-order valence-electron chi connectivity index (χ0n) is 10.4. The molecule has 0 aromatic rings. The number of nitrogens with one attached hydrogen (secondary N) is 1. The fourth-order valence-electron chi connectivity index (χ4n) is 2.43. The summed E-state index contributed by atoms with van der Waals surface area (Å²) in [7, 11) is 0. The Hall–Kier alpha value is -0.650. The Kier molecular flexibility index (Phi) is 4.76. The van der Waals surface area contributed by atoms with E-state index >= 15 is 0 Å². The zero-order valence-corrected chi connectivity index (χ0v) is 10.4. The molecule has 0 aromatic heterocycles. The molecule has 0 atom stereocenters. The molecule has 2 saturated heterocycles. The Balaban J connectivity index is 1.66. The molecule has 0 aliphatic carbocycles. The van der Waals surface area contributed by atoms with Gasteiger partial charge in [0.2, 0.25) is 5.91 Å². The van der Waals surface area contributed by atoms with Gasteiger partial charge in [-0.15, -0.1) is 0 Å². The lowest BCUT2D eigenvalue weighted by molar-refractivity contribution is -0.123. The van der Waals surface area contributed by atoms with Gasteiger partial charge in [-0.2, -0.15) is 0 Å². The number of hydrogen-bond donors (Lipinski definition) is 2. The number of nitrogens with zero attached hydrogens (tertiary/aromatic N) is 1. The van der Waals surface area contributed by atoms with Crippen LogP contribution >= 0.6 is 0 Å². The van der Waals surface area contributed by atoms with Crippen LogP contribution in [0.5, 0.6) is 0 Å². The van der Waals surface area contributed by atoms with Gasteiger partial charge in [-0.25, -0.2) is 0 Å². The fourth-order valence-corrected chi connectivity index (χ4v) is 2.43. The molecule has 2 aliphatic rings. The smallest absolute Gasteiger partial charge is 0.234 e. The van der Waals surface area contributed by atoms with Gasteiger partial charge in [0.25, 0.3) is 0 Å². The van der Waals surface area contributed by atoms with Crippen molar-refractivity contribution in [1.82, 2.24) is 10.2 Å². The van der Waals surface area contributed by atoms with Crippen molar-refractivity contribution in [3.05, 3.63) is 0 Å². The zero-order chi connectivity index (χ0) is 12.1. The molecule has 2 aliphatic heterocycles. The molecule has 0 spiro atoms. The van der Waals surface area contributed by atoms with Gasteiger partial charge >= 0.3 is 0 Å². The highest BCUT2D eigenvalue weighted by molar-refractivity contribution is 5.78. The van der Waals surface area contributed by atoms with Crippen molar-refractivity contribution in [2.24, 2.45) is 5.73 Å². The van der Waals surface area contributed by atoms with Crippen LogP contribution in [0.4, 0.5) is 0 Å². The number of carbonyl (C=O) groups is 1. The summed E-state index contributed by atoms with van der Waals surface area (Å²) in [5, 5.41) is 3.09. The van der Waals surface area contributed by atoms with E-state index < -0.39 is 0 Å². The molecule has 0 bridgehead atoms. The van der Waals surface area contributed by atoms with Gasteiger partial charge in [-0.1, -0.05) is 0 Å². The van der Waals surface area contributed by atoms with Crippen LogP contribution in [-0.4, -0.2) is 55.7 Å². The highest BCUT2D eigenvalue weighted by atomic mass is 16.5. The third kappa shape index (κ3) is 4.26. The van der Waals surface area contributed by atoms with E-state index in [1.165, 1.54) is 0 Å². The quantitative estimate of drug-likeness (QED) is 0.712. The number of likely N-dealkylation sites (tertiary alicyclic amines) is 1. The average molecular weight is 241 g/mol. The van der Waals surface area contributed by atoms with Crippen LogP contribution in [0.1, 0.15) is 25.7 Å². The number of hydrogen-bond acceptors (Lipinski definition) is 4. The lowest BCUT2D eigenvalue weighted by Crippen LogP contribution is -2.47. The number of carbonyl (C=O) groups excluding carboxylic acids is 1. The minimum absolute atomic E-state index is 0.146. The second-order valence-corrected chi connectivity index (χ2v) is 5.07. The molecule has 2 heterocycles. The second kappa shape index (κ2) is 6.33. The lowest BCUT2D eigenvalue weighted by atomic mass is 10.1. The van der Waals surface area contributed by atoms with Gasteiger partial charge < -0.3 is 15.8 Å². The van der Waals surface area contributed by atoms with Crippen molar-refractivity contribution < 1.29 is 9.53 Å². The summed E-state index contributed by atoms with van der Waals surface area (Å²) in [5.74, 6) is 0.146. The van der Waals surface area contributed by atoms with Crippen molar-refractivity contribution >= 4 is 5.91 Å². The minimum atomic E-state index is 0.146.